The molecule has 0 saturated carbocycles. The normalized spacial score (nSPS) is 15.0. The Morgan fingerprint density at radius 3 is 2.63 bits per heavy atom. The molecule has 2 aromatic rings. The van der Waals surface area contributed by atoms with Crippen LogP contribution in [0.5, 0.6) is 0 Å². The summed E-state index contributed by atoms with van der Waals surface area (Å²) in [6, 6.07) is 9.94. The van der Waals surface area contributed by atoms with Crippen molar-refractivity contribution in [2.24, 2.45) is 0 Å². The first-order chi connectivity index (χ1) is 12.9. The molecule has 1 saturated heterocycles. The molecule has 1 amide bonds. The van der Waals surface area contributed by atoms with Gasteiger partial charge in [-0.25, -0.2) is 8.42 Å². The largest absolute Gasteiger partial charge is 0.330 e. The van der Waals surface area contributed by atoms with E-state index in [9.17, 15) is 13.2 Å². The van der Waals surface area contributed by atoms with Gasteiger partial charge in [-0.15, -0.1) is 17.9 Å². The first-order valence-corrected chi connectivity index (χ1v) is 11.3. The highest BCUT2D eigenvalue weighted by molar-refractivity contribution is 7.89. The third-order valence-corrected chi connectivity index (χ3v) is 7.51. The van der Waals surface area contributed by atoms with Crippen LogP contribution in [0.1, 0.15) is 28.1 Å². The monoisotopic (exact) mass is 424 g/mol. The van der Waals surface area contributed by atoms with Crippen LogP contribution in [-0.4, -0.2) is 43.2 Å². The second kappa shape index (κ2) is 8.56. The molecule has 1 aliphatic rings. The quantitative estimate of drug-likeness (QED) is 0.631. The predicted octanol–water partition coefficient (Wildman–Crippen LogP) is 4.01. The third-order valence-electron chi connectivity index (χ3n) is 4.40. The van der Waals surface area contributed by atoms with Crippen LogP contribution in [0.3, 0.4) is 0 Å². The number of rotatable bonds is 7. The van der Waals surface area contributed by atoms with Gasteiger partial charge in [0.2, 0.25) is 10.0 Å². The van der Waals surface area contributed by atoms with E-state index in [2.05, 4.69) is 6.58 Å². The first kappa shape index (κ1) is 20.1. The van der Waals surface area contributed by atoms with Crippen molar-refractivity contribution >= 4 is 38.9 Å². The smallest absolute Gasteiger partial charge is 0.254 e. The molecule has 27 heavy (non-hydrogen) atoms. The molecule has 1 aromatic heterocycles. The number of hydrogen-bond donors (Lipinski definition) is 0. The third kappa shape index (κ3) is 4.60. The molecule has 0 unspecified atom stereocenters. The van der Waals surface area contributed by atoms with Crippen molar-refractivity contribution in [1.82, 2.24) is 9.21 Å². The molecule has 0 atom stereocenters. The Kier molecular flexibility index (Phi) is 6.37. The Hall–Kier alpha value is -1.67. The van der Waals surface area contributed by atoms with Gasteiger partial charge in [0.05, 0.1) is 15.8 Å². The minimum atomic E-state index is -3.56. The summed E-state index contributed by atoms with van der Waals surface area (Å²) in [5.74, 6) is -0.238. The molecule has 0 bridgehead atoms. The van der Waals surface area contributed by atoms with Crippen molar-refractivity contribution in [3.63, 3.8) is 0 Å². The van der Waals surface area contributed by atoms with Gasteiger partial charge < -0.3 is 4.90 Å². The van der Waals surface area contributed by atoms with Crippen LogP contribution in [-0.2, 0) is 16.6 Å². The molecule has 5 nitrogen and oxygen atoms in total. The molecule has 1 aliphatic heterocycles. The fourth-order valence-electron chi connectivity index (χ4n) is 3.05. The van der Waals surface area contributed by atoms with Gasteiger partial charge in [-0.05, 0) is 43.2 Å². The van der Waals surface area contributed by atoms with Gasteiger partial charge in [0, 0.05) is 30.1 Å². The number of halogens is 1. The lowest BCUT2D eigenvalue weighted by molar-refractivity contribution is 0.0764. The van der Waals surface area contributed by atoms with E-state index in [1.807, 2.05) is 6.07 Å². The zero-order valence-corrected chi connectivity index (χ0v) is 17.2. The van der Waals surface area contributed by atoms with Crippen molar-refractivity contribution in [2.75, 3.05) is 19.6 Å². The Balaban J connectivity index is 1.85. The van der Waals surface area contributed by atoms with Gasteiger partial charge >= 0.3 is 0 Å². The number of benzene rings is 1. The number of hydrogen-bond acceptors (Lipinski definition) is 4. The lowest BCUT2D eigenvalue weighted by Gasteiger charge is -2.21. The second-order valence-corrected chi connectivity index (χ2v) is 10.1. The molecule has 0 N–H and O–H groups in total. The minimum Gasteiger partial charge on any atom is -0.330 e. The number of amides is 1. The zero-order valence-electron chi connectivity index (χ0n) is 14.8. The van der Waals surface area contributed by atoms with E-state index in [0.29, 0.717) is 36.1 Å². The molecule has 0 radical (unpaired) electrons. The standard InChI is InChI=1S/C19H21ClN2O3S2/c1-2-10-21(14-16-8-9-18(20)26-16)19(23)15-6-5-7-17(13-15)27(24,25)22-11-3-4-12-22/h2,5-9,13H,1,3-4,10-12,14H2. The van der Waals surface area contributed by atoms with Crippen LogP contribution in [0.4, 0.5) is 0 Å². The van der Waals surface area contributed by atoms with Gasteiger partial charge in [0.1, 0.15) is 0 Å². The summed E-state index contributed by atoms with van der Waals surface area (Å²) in [6.45, 7) is 5.53. The molecular formula is C19H21ClN2O3S2. The summed E-state index contributed by atoms with van der Waals surface area (Å²) in [7, 11) is -3.56. The molecule has 1 aromatic carbocycles. The molecule has 1 fully saturated rings. The Bertz CT molecular complexity index is 934. The average Bonchev–Trinajstić information content (AvgIpc) is 3.33. The van der Waals surface area contributed by atoms with Crippen LogP contribution in [0, 0.1) is 0 Å². The summed E-state index contributed by atoms with van der Waals surface area (Å²) in [5.41, 5.74) is 0.347. The van der Waals surface area contributed by atoms with Gasteiger partial charge in [0.25, 0.3) is 5.91 Å². The van der Waals surface area contributed by atoms with Crippen LogP contribution < -0.4 is 0 Å². The minimum absolute atomic E-state index is 0.160. The topological polar surface area (TPSA) is 57.7 Å². The van der Waals surface area contributed by atoms with Gasteiger partial charge in [-0.1, -0.05) is 23.7 Å². The Labute approximate surface area is 168 Å². The zero-order chi connectivity index (χ0) is 19.4. The summed E-state index contributed by atoms with van der Waals surface area (Å²) < 4.78 is 27.7. The lowest BCUT2D eigenvalue weighted by Crippen LogP contribution is -2.31. The van der Waals surface area contributed by atoms with E-state index in [1.165, 1.54) is 21.7 Å². The lowest BCUT2D eigenvalue weighted by atomic mass is 10.2. The van der Waals surface area contributed by atoms with Crippen molar-refractivity contribution < 1.29 is 13.2 Å². The Morgan fingerprint density at radius 1 is 1.26 bits per heavy atom. The summed E-state index contributed by atoms with van der Waals surface area (Å²) in [5, 5.41) is 0. The van der Waals surface area contributed by atoms with E-state index in [-0.39, 0.29) is 10.8 Å². The highest BCUT2D eigenvalue weighted by atomic mass is 35.5. The first-order valence-electron chi connectivity index (χ1n) is 8.66. The maximum Gasteiger partial charge on any atom is 0.254 e. The average molecular weight is 425 g/mol. The fourth-order valence-corrected chi connectivity index (χ4v) is 5.72. The maximum absolute atomic E-state index is 13.0. The molecular weight excluding hydrogens is 404 g/mol. The number of nitrogens with zero attached hydrogens (tertiary/aromatic N) is 2. The molecule has 3 rings (SSSR count). The SMILES string of the molecule is C=CCN(Cc1ccc(Cl)s1)C(=O)c1cccc(S(=O)(=O)N2CCCC2)c1. The molecule has 0 spiro atoms. The van der Waals surface area contributed by atoms with Crippen LogP contribution in [0.2, 0.25) is 4.34 Å². The number of carbonyl (C=O) groups is 1. The van der Waals surface area contributed by atoms with E-state index in [1.54, 1.807) is 35.2 Å². The van der Waals surface area contributed by atoms with Crippen molar-refractivity contribution in [3.05, 3.63) is 63.8 Å². The van der Waals surface area contributed by atoms with Crippen molar-refractivity contribution in [2.45, 2.75) is 24.3 Å². The van der Waals surface area contributed by atoms with E-state index >= 15 is 0 Å². The predicted molar refractivity (Wildman–Crippen MR) is 109 cm³/mol. The van der Waals surface area contributed by atoms with Crippen LogP contribution in [0.15, 0.2) is 53.9 Å². The fraction of sp³-hybridized carbons (Fsp3) is 0.316. The van der Waals surface area contributed by atoms with Crippen LogP contribution in [0.25, 0.3) is 0 Å². The number of carbonyl (C=O) groups excluding carboxylic acids is 1. The summed E-state index contributed by atoms with van der Waals surface area (Å²) >= 11 is 7.39. The summed E-state index contributed by atoms with van der Waals surface area (Å²) in [6.07, 6.45) is 3.39. The Morgan fingerprint density at radius 2 is 2.00 bits per heavy atom. The van der Waals surface area contributed by atoms with Crippen molar-refractivity contribution in [1.29, 1.82) is 0 Å². The highest BCUT2D eigenvalue weighted by Crippen LogP contribution is 2.25. The van der Waals surface area contributed by atoms with Gasteiger partial charge in [-0.2, -0.15) is 4.31 Å². The summed E-state index contributed by atoms with van der Waals surface area (Å²) in [4.78, 5) is 15.7. The van der Waals surface area contributed by atoms with Crippen LogP contribution >= 0.6 is 22.9 Å². The molecule has 8 heteroatoms. The van der Waals surface area contributed by atoms with E-state index in [0.717, 1.165) is 17.7 Å². The number of sulfonamides is 1. The maximum atomic E-state index is 13.0. The number of thiophene rings is 1. The van der Waals surface area contributed by atoms with E-state index in [4.69, 9.17) is 11.6 Å². The molecule has 144 valence electrons. The second-order valence-electron chi connectivity index (χ2n) is 6.32. The molecule has 0 aliphatic carbocycles. The highest BCUT2D eigenvalue weighted by Gasteiger charge is 2.28. The molecule has 2 heterocycles. The van der Waals surface area contributed by atoms with Crippen molar-refractivity contribution in [3.8, 4) is 0 Å². The van der Waals surface area contributed by atoms with Gasteiger partial charge in [0.15, 0.2) is 0 Å². The van der Waals surface area contributed by atoms with Gasteiger partial charge in [-0.3, -0.25) is 4.79 Å². The van der Waals surface area contributed by atoms with E-state index < -0.39 is 10.0 Å².